The minimum Gasteiger partial charge on any atom is -0.497 e. The number of carbonyl (C=O) groups is 1. The number of methoxy groups -OCH3 is 1. The number of ether oxygens (including phenoxy) is 2. The Kier molecular flexibility index (Phi) is 8.24. The lowest BCUT2D eigenvalue weighted by molar-refractivity contribution is -0.132. The van der Waals surface area contributed by atoms with Crippen molar-refractivity contribution in [3.63, 3.8) is 0 Å². The molecule has 1 fully saturated rings. The van der Waals surface area contributed by atoms with E-state index in [2.05, 4.69) is 10.6 Å². The third-order valence-corrected chi connectivity index (χ3v) is 3.69. The van der Waals surface area contributed by atoms with Gasteiger partial charge in [-0.1, -0.05) is 12.1 Å². The fourth-order valence-corrected chi connectivity index (χ4v) is 2.36. The van der Waals surface area contributed by atoms with E-state index in [-0.39, 0.29) is 18.3 Å². The van der Waals surface area contributed by atoms with Gasteiger partial charge in [-0.25, -0.2) is 0 Å². The molecule has 0 radical (unpaired) electrons. The Hall–Kier alpha value is -1.30. The summed E-state index contributed by atoms with van der Waals surface area (Å²) in [6.07, 6.45) is 1.85. The molecule has 0 saturated carbocycles. The van der Waals surface area contributed by atoms with Crippen LogP contribution in [-0.4, -0.2) is 38.3 Å². The predicted molar refractivity (Wildman–Crippen MR) is 88.5 cm³/mol. The maximum absolute atomic E-state index is 12.0. The van der Waals surface area contributed by atoms with Crippen LogP contribution in [0.25, 0.3) is 0 Å². The summed E-state index contributed by atoms with van der Waals surface area (Å²) in [5, 5.41) is 6.28. The van der Waals surface area contributed by atoms with E-state index in [1.54, 1.807) is 14.0 Å². The Balaban J connectivity index is 0.00000242. The van der Waals surface area contributed by atoms with Gasteiger partial charge in [-0.05, 0) is 44.0 Å². The molecule has 1 heterocycles. The lowest BCUT2D eigenvalue weighted by atomic mass is 10.2. The molecule has 2 atom stereocenters. The third-order valence-electron chi connectivity index (χ3n) is 3.69. The molecule has 2 unspecified atom stereocenters. The molecular weight excluding hydrogens is 304 g/mol. The predicted octanol–water partition coefficient (Wildman–Crippen LogP) is 1.89. The summed E-state index contributed by atoms with van der Waals surface area (Å²) >= 11 is 0. The highest BCUT2D eigenvalue weighted by Gasteiger charge is 2.18. The van der Waals surface area contributed by atoms with Crippen molar-refractivity contribution in [2.75, 3.05) is 20.2 Å². The molecule has 2 rings (SSSR count). The standard InChI is InChI=1S/C16H24N2O3.ClH/c1-12(16(19)18-10-14-6-4-8-17-14)21-11-13-5-3-7-15(9-13)20-2;/h3,5,7,9,12,14,17H,4,6,8,10-11H2,1-2H3,(H,18,19);1H. The molecule has 6 heteroatoms. The van der Waals surface area contributed by atoms with E-state index in [1.807, 2.05) is 24.3 Å². The van der Waals surface area contributed by atoms with E-state index < -0.39 is 6.10 Å². The van der Waals surface area contributed by atoms with Crippen LogP contribution < -0.4 is 15.4 Å². The fraction of sp³-hybridized carbons (Fsp3) is 0.562. The van der Waals surface area contributed by atoms with E-state index in [1.165, 1.54) is 6.42 Å². The number of rotatable bonds is 7. The van der Waals surface area contributed by atoms with Crippen molar-refractivity contribution in [1.82, 2.24) is 10.6 Å². The van der Waals surface area contributed by atoms with Gasteiger partial charge in [0.25, 0.3) is 0 Å². The number of halogens is 1. The van der Waals surface area contributed by atoms with Crippen LogP contribution in [0, 0.1) is 0 Å². The molecule has 1 amide bonds. The van der Waals surface area contributed by atoms with Crippen LogP contribution in [0.5, 0.6) is 5.75 Å². The van der Waals surface area contributed by atoms with Crippen molar-refractivity contribution >= 4 is 18.3 Å². The Bertz CT molecular complexity index is 464. The molecule has 124 valence electrons. The Labute approximate surface area is 138 Å². The number of hydrogen-bond acceptors (Lipinski definition) is 4. The lowest BCUT2D eigenvalue weighted by Gasteiger charge is -2.16. The first kappa shape index (κ1) is 18.7. The van der Waals surface area contributed by atoms with Gasteiger partial charge >= 0.3 is 0 Å². The largest absolute Gasteiger partial charge is 0.497 e. The van der Waals surface area contributed by atoms with Gasteiger partial charge < -0.3 is 20.1 Å². The normalized spacial score (nSPS) is 18.4. The van der Waals surface area contributed by atoms with E-state index in [4.69, 9.17) is 9.47 Å². The molecule has 2 N–H and O–H groups in total. The van der Waals surface area contributed by atoms with Crippen molar-refractivity contribution in [3.05, 3.63) is 29.8 Å². The van der Waals surface area contributed by atoms with Gasteiger partial charge in [-0.15, -0.1) is 12.4 Å². The zero-order valence-corrected chi connectivity index (χ0v) is 13.9. The molecule has 0 bridgehead atoms. The van der Waals surface area contributed by atoms with Gasteiger partial charge in [0.15, 0.2) is 0 Å². The summed E-state index contributed by atoms with van der Waals surface area (Å²) in [6.45, 7) is 3.89. The third kappa shape index (κ3) is 5.83. The lowest BCUT2D eigenvalue weighted by Crippen LogP contribution is -2.41. The number of amides is 1. The zero-order valence-electron chi connectivity index (χ0n) is 13.1. The molecule has 22 heavy (non-hydrogen) atoms. The highest BCUT2D eigenvalue weighted by molar-refractivity contribution is 5.85. The first-order valence-electron chi connectivity index (χ1n) is 7.44. The fourth-order valence-electron chi connectivity index (χ4n) is 2.36. The van der Waals surface area contributed by atoms with Crippen molar-refractivity contribution in [2.24, 2.45) is 0 Å². The van der Waals surface area contributed by atoms with Crippen molar-refractivity contribution in [2.45, 2.75) is 38.5 Å². The van der Waals surface area contributed by atoms with Gasteiger partial charge in [-0.3, -0.25) is 4.79 Å². The SMILES string of the molecule is COc1cccc(COC(C)C(=O)NCC2CCCN2)c1.Cl. The molecule has 1 saturated heterocycles. The second-order valence-electron chi connectivity index (χ2n) is 5.34. The molecule has 1 aliphatic rings. The average Bonchev–Trinajstić information content (AvgIpc) is 3.03. The van der Waals surface area contributed by atoms with Gasteiger partial charge in [0.1, 0.15) is 11.9 Å². The maximum Gasteiger partial charge on any atom is 0.248 e. The second kappa shape index (κ2) is 9.66. The Morgan fingerprint density at radius 1 is 1.50 bits per heavy atom. The first-order valence-corrected chi connectivity index (χ1v) is 7.44. The Morgan fingerprint density at radius 2 is 2.32 bits per heavy atom. The van der Waals surface area contributed by atoms with Crippen molar-refractivity contribution in [3.8, 4) is 5.75 Å². The van der Waals surface area contributed by atoms with Crippen molar-refractivity contribution in [1.29, 1.82) is 0 Å². The summed E-state index contributed by atoms with van der Waals surface area (Å²) in [4.78, 5) is 12.0. The van der Waals surface area contributed by atoms with Gasteiger partial charge in [0.2, 0.25) is 5.91 Å². The van der Waals surface area contributed by atoms with Crippen LogP contribution in [-0.2, 0) is 16.1 Å². The van der Waals surface area contributed by atoms with E-state index in [0.717, 1.165) is 24.3 Å². The van der Waals surface area contributed by atoms with Crippen LogP contribution in [0.15, 0.2) is 24.3 Å². The van der Waals surface area contributed by atoms with E-state index in [9.17, 15) is 4.79 Å². The smallest absolute Gasteiger partial charge is 0.248 e. The number of nitrogens with one attached hydrogen (secondary N) is 2. The summed E-state index contributed by atoms with van der Waals surface area (Å²) in [5.74, 6) is 0.729. The monoisotopic (exact) mass is 328 g/mol. The molecule has 0 aliphatic carbocycles. The van der Waals surface area contributed by atoms with E-state index in [0.29, 0.717) is 19.2 Å². The molecule has 1 aromatic rings. The molecular formula is C16H25ClN2O3. The van der Waals surface area contributed by atoms with Crippen LogP contribution >= 0.6 is 12.4 Å². The summed E-state index contributed by atoms with van der Waals surface area (Å²) < 4.78 is 10.8. The van der Waals surface area contributed by atoms with Gasteiger partial charge in [0, 0.05) is 12.6 Å². The maximum atomic E-state index is 12.0. The van der Waals surface area contributed by atoms with Crippen LogP contribution in [0.4, 0.5) is 0 Å². The molecule has 1 aliphatic heterocycles. The minimum atomic E-state index is -0.461. The molecule has 1 aromatic carbocycles. The number of benzene rings is 1. The number of hydrogen-bond donors (Lipinski definition) is 2. The summed E-state index contributed by atoms with van der Waals surface area (Å²) in [6, 6.07) is 8.06. The zero-order chi connectivity index (χ0) is 15.1. The second-order valence-corrected chi connectivity index (χ2v) is 5.34. The quantitative estimate of drug-likeness (QED) is 0.802. The molecule has 0 aromatic heterocycles. The Morgan fingerprint density at radius 3 is 3.00 bits per heavy atom. The minimum absolute atomic E-state index is 0. The average molecular weight is 329 g/mol. The van der Waals surface area contributed by atoms with Gasteiger partial charge in [-0.2, -0.15) is 0 Å². The van der Waals surface area contributed by atoms with Gasteiger partial charge in [0.05, 0.1) is 13.7 Å². The van der Waals surface area contributed by atoms with Crippen LogP contribution in [0.3, 0.4) is 0 Å². The topological polar surface area (TPSA) is 59.6 Å². The summed E-state index contributed by atoms with van der Waals surface area (Å²) in [5.41, 5.74) is 0.992. The molecule has 5 nitrogen and oxygen atoms in total. The van der Waals surface area contributed by atoms with Crippen LogP contribution in [0.1, 0.15) is 25.3 Å². The van der Waals surface area contributed by atoms with E-state index >= 15 is 0 Å². The van der Waals surface area contributed by atoms with Crippen molar-refractivity contribution < 1.29 is 14.3 Å². The number of carbonyl (C=O) groups excluding carboxylic acids is 1. The highest BCUT2D eigenvalue weighted by Crippen LogP contribution is 2.14. The summed E-state index contributed by atoms with van der Waals surface area (Å²) in [7, 11) is 1.63. The highest BCUT2D eigenvalue weighted by atomic mass is 35.5. The molecule has 0 spiro atoms. The first-order chi connectivity index (χ1) is 10.2. The van der Waals surface area contributed by atoms with Crippen LogP contribution in [0.2, 0.25) is 0 Å².